The first-order chi connectivity index (χ1) is 5.85. The first kappa shape index (κ1) is 10.6. The summed E-state index contributed by atoms with van der Waals surface area (Å²) in [6.07, 6.45) is 3.22. The molecule has 0 fully saturated rings. The molecule has 0 aromatic carbocycles. The Bertz CT molecular complexity index is 194. The zero-order chi connectivity index (χ0) is 9.23. The smallest absolute Gasteiger partial charge is 0.195 e. The third kappa shape index (κ3) is 5.37. The van der Waals surface area contributed by atoms with Crippen molar-refractivity contribution in [3.8, 4) is 12.1 Å². The molecule has 0 aliphatic rings. The van der Waals surface area contributed by atoms with E-state index in [2.05, 4.69) is 17.2 Å². The molecule has 0 aromatic rings. The summed E-state index contributed by atoms with van der Waals surface area (Å²) in [5.74, 6) is 0. The Morgan fingerprint density at radius 1 is 1.25 bits per heavy atom. The Kier molecular flexibility index (Phi) is 6.78. The number of unbranched alkanes of at least 4 members (excludes halogenated alkanes) is 2. The lowest BCUT2D eigenvalue weighted by Gasteiger charge is -1.91. The largest absolute Gasteiger partial charge is 0.242 e. The van der Waals surface area contributed by atoms with Crippen molar-refractivity contribution in [3.63, 3.8) is 0 Å². The van der Waals surface area contributed by atoms with Gasteiger partial charge in [-0.1, -0.05) is 19.8 Å². The second-order valence-electron chi connectivity index (χ2n) is 2.35. The van der Waals surface area contributed by atoms with E-state index in [0.717, 1.165) is 19.3 Å². The van der Waals surface area contributed by atoms with Crippen LogP contribution in [0.2, 0.25) is 0 Å². The fourth-order valence-electron chi connectivity index (χ4n) is 0.652. The molecule has 0 atom stereocenters. The van der Waals surface area contributed by atoms with Crippen molar-refractivity contribution in [1.29, 1.82) is 10.5 Å². The van der Waals surface area contributed by atoms with Gasteiger partial charge >= 0.3 is 0 Å². The molecular formula is C8H12N4. The van der Waals surface area contributed by atoms with Crippen LogP contribution in [0.4, 0.5) is 0 Å². The van der Waals surface area contributed by atoms with Gasteiger partial charge in [-0.3, -0.25) is 0 Å². The van der Waals surface area contributed by atoms with E-state index in [-0.39, 0.29) is 0 Å². The predicted octanol–water partition coefficient (Wildman–Crippen LogP) is 2.04. The molecular weight excluding hydrogens is 152 g/mol. The summed E-state index contributed by atoms with van der Waals surface area (Å²) in [7, 11) is 0. The third-order valence-electron chi connectivity index (χ3n) is 1.30. The molecule has 0 rings (SSSR count). The van der Waals surface area contributed by atoms with Gasteiger partial charge in [-0.2, -0.15) is 20.8 Å². The monoisotopic (exact) mass is 164 g/mol. The van der Waals surface area contributed by atoms with Gasteiger partial charge < -0.3 is 0 Å². The van der Waals surface area contributed by atoms with Crippen LogP contribution < -0.4 is 0 Å². The molecule has 0 aliphatic carbocycles. The molecule has 0 unspecified atom stereocenters. The summed E-state index contributed by atoms with van der Waals surface area (Å²) in [4.78, 5) is 0. The minimum absolute atomic E-state index is 0.619. The molecule has 0 radical (unpaired) electrons. The van der Waals surface area contributed by atoms with Crippen LogP contribution >= 0.6 is 0 Å². The molecule has 12 heavy (non-hydrogen) atoms. The maximum Gasteiger partial charge on any atom is 0.242 e. The van der Waals surface area contributed by atoms with Crippen molar-refractivity contribution < 1.29 is 0 Å². The topological polar surface area (TPSA) is 72.3 Å². The highest BCUT2D eigenvalue weighted by Gasteiger charge is 1.98. The van der Waals surface area contributed by atoms with Crippen LogP contribution in [0.3, 0.4) is 0 Å². The highest BCUT2D eigenvalue weighted by molar-refractivity contribution is 5.05. The Balaban J connectivity index is 3.50. The van der Waals surface area contributed by atoms with Gasteiger partial charge in [0.15, 0.2) is 0 Å². The van der Waals surface area contributed by atoms with Crippen LogP contribution in [0.5, 0.6) is 0 Å². The quantitative estimate of drug-likeness (QED) is 0.460. The van der Waals surface area contributed by atoms with Crippen molar-refractivity contribution in [3.05, 3.63) is 0 Å². The number of azo groups is 1. The zero-order valence-corrected chi connectivity index (χ0v) is 7.19. The van der Waals surface area contributed by atoms with Crippen LogP contribution in [0.25, 0.3) is 0 Å². The standard InChI is InChI=1S/C8H12N4/c1-2-3-4-5-11-12-8(6-9)7-10/h8H,2-5H2,1H3. The van der Waals surface area contributed by atoms with E-state index in [1.807, 2.05) is 0 Å². The average molecular weight is 164 g/mol. The van der Waals surface area contributed by atoms with Crippen molar-refractivity contribution in [2.75, 3.05) is 6.54 Å². The number of nitriles is 2. The van der Waals surface area contributed by atoms with Crippen LogP contribution in [0, 0.1) is 22.7 Å². The van der Waals surface area contributed by atoms with Gasteiger partial charge in [0.1, 0.15) is 12.1 Å². The number of nitrogens with zero attached hydrogens (tertiary/aromatic N) is 4. The minimum Gasteiger partial charge on any atom is -0.195 e. The second kappa shape index (κ2) is 7.68. The maximum atomic E-state index is 8.30. The Morgan fingerprint density at radius 2 is 1.92 bits per heavy atom. The van der Waals surface area contributed by atoms with Crippen molar-refractivity contribution in [2.24, 2.45) is 10.2 Å². The van der Waals surface area contributed by atoms with Gasteiger partial charge in [-0.05, 0) is 6.42 Å². The Morgan fingerprint density at radius 3 is 2.42 bits per heavy atom. The molecule has 0 aromatic heterocycles. The van der Waals surface area contributed by atoms with E-state index in [1.54, 1.807) is 12.1 Å². The zero-order valence-electron chi connectivity index (χ0n) is 7.19. The second-order valence-corrected chi connectivity index (χ2v) is 2.35. The van der Waals surface area contributed by atoms with Crippen molar-refractivity contribution in [1.82, 2.24) is 0 Å². The molecule has 0 saturated heterocycles. The molecule has 0 amide bonds. The highest BCUT2D eigenvalue weighted by atomic mass is 15.1. The number of hydrogen-bond donors (Lipinski definition) is 0. The van der Waals surface area contributed by atoms with Gasteiger partial charge in [0.2, 0.25) is 6.04 Å². The fraction of sp³-hybridized carbons (Fsp3) is 0.750. The number of rotatable bonds is 5. The van der Waals surface area contributed by atoms with E-state index in [0.29, 0.717) is 6.54 Å². The molecule has 0 aliphatic heterocycles. The first-order valence-corrected chi connectivity index (χ1v) is 4.01. The van der Waals surface area contributed by atoms with Crippen molar-refractivity contribution >= 4 is 0 Å². The molecule has 0 saturated carbocycles. The first-order valence-electron chi connectivity index (χ1n) is 4.01. The van der Waals surface area contributed by atoms with Gasteiger partial charge in [-0.15, -0.1) is 0 Å². The highest BCUT2D eigenvalue weighted by Crippen LogP contribution is 1.95. The van der Waals surface area contributed by atoms with Gasteiger partial charge in [0.25, 0.3) is 0 Å². The van der Waals surface area contributed by atoms with Gasteiger partial charge in [-0.25, -0.2) is 0 Å². The summed E-state index contributed by atoms with van der Waals surface area (Å²) >= 11 is 0. The summed E-state index contributed by atoms with van der Waals surface area (Å²) in [5.41, 5.74) is 0. The van der Waals surface area contributed by atoms with E-state index in [9.17, 15) is 0 Å². The lowest BCUT2D eigenvalue weighted by Crippen LogP contribution is -1.93. The maximum absolute atomic E-state index is 8.30. The van der Waals surface area contributed by atoms with E-state index in [1.165, 1.54) is 0 Å². The van der Waals surface area contributed by atoms with Crippen LogP contribution in [0.1, 0.15) is 26.2 Å². The SMILES string of the molecule is CCCCCN=NC(C#N)C#N. The van der Waals surface area contributed by atoms with Crippen LogP contribution in [0.15, 0.2) is 10.2 Å². The number of hydrogen-bond acceptors (Lipinski definition) is 4. The fourth-order valence-corrected chi connectivity index (χ4v) is 0.652. The van der Waals surface area contributed by atoms with E-state index >= 15 is 0 Å². The van der Waals surface area contributed by atoms with E-state index in [4.69, 9.17) is 10.5 Å². The Labute approximate surface area is 72.5 Å². The summed E-state index contributed by atoms with van der Waals surface area (Å²) in [6, 6.07) is 2.52. The molecule has 0 bridgehead atoms. The molecule has 4 nitrogen and oxygen atoms in total. The Hall–Kier alpha value is -1.42. The molecule has 64 valence electrons. The summed E-state index contributed by atoms with van der Waals surface area (Å²) < 4.78 is 0. The summed E-state index contributed by atoms with van der Waals surface area (Å²) in [6.45, 7) is 2.72. The third-order valence-corrected chi connectivity index (χ3v) is 1.30. The van der Waals surface area contributed by atoms with Gasteiger partial charge in [0, 0.05) is 0 Å². The molecule has 0 N–H and O–H groups in total. The van der Waals surface area contributed by atoms with Gasteiger partial charge in [0.05, 0.1) is 6.54 Å². The minimum atomic E-state index is -0.924. The average Bonchev–Trinajstić information content (AvgIpc) is 2.11. The predicted molar refractivity (Wildman–Crippen MR) is 44.3 cm³/mol. The lowest BCUT2D eigenvalue weighted by atomic mass is 10.3. The van der Waals surface area contributed by atoms with E-state index < -0.39 is 6.04 Å². The van der Waals surface area contributed by atoms with Crippen LogP contribution in [-0.4, -0.2) is 12.6 Å². The normalized spacial score (nSPS) is 10.0. The van der Waals surface area contributed by atoms with Crippen molar-refractivity contribution in [2.45, 2.75) is 32.2 Å². The molecule has 0 spiro atoms. The molecule has 4 heteroatoms. The van der Waals surface area contributed by atoms with Crippen LogP contribution in [-0.2, 0) is 0 Å². The summed E-state index contributed by atoms with van der Waals surface area (Å²) in [5, 5.41) is 23.9. The lowest BCUT2D eigenvalue weighted by molar-refractivity contribution is 0.699. The molecule has 0 heterocycles.